The predicted molar refractivity (Wildman–Crippen MR) is 52.6 cm³/mol. The molecule has 1 heterocycles. The summed E-state index contributed by atoms with van der Waals surface area (Å²) in [4.78, 5) is 27.9. The van der Waals surface area contributed by atoms with Crippen molar-refractivity contribution in [1.82, 2.24) is 5.48 Å². The van der Waals surface area contributed by atoms with Gasteiger partial charge in [0, 0.05) is 0 Å². The number of carbonyl (C=O) groups is 2. The van der Waals surface area contributed by atoms with Crippen LogP contribution in [0.1, 0.15) is 18.9 Å². The highest BCUT2D eigenvalue weighted by Gasteiger charge is 2.53. The smallest absolute Gasteiger partial charge is 0.339 e. The Morgan fingerprint density at radius 2 is 1.93 bits per heavy atom. The normalized spacial score (nSPS) is 24.9. The lowest BCUT2D eigenvalue weighted by Crippen LogP contribution is -2.39. The van der Waals surface area contributed by atoms with Crippen LogP contribution < -0.4 is 5.48 Å². The van der Waals surface area contributed by atoms with Gasteiger partial charge in [-0.15, -0.1) is 0 Å². The largest absolute Gasteiger partial charge is 0.352 e. The number of carbonyl (C=O) groups excluding carboxylic acids is 2. The molecule has 4 heteroatoms. The van der Waals surface area contributed by atoms with E-state index in [1.54, 1.807) is 31.2 Å². The Morgan fingerprint density at radius 1 is 1.27 bits per heavy atom. The molecular formula is C11H11NO3. The first-order chi connectivity index (χ1) is 7.21. The maximum Gasteiger partial charge on any atom is 0.352 e. The molecule has 1 unspecified atom stereocenters. The molecule has 1 atom stereocenters. The van der Waals surface area contributed by atoms with Gasteiger partial charge in [0.2, 0.25) is 0 Å². The molecular weight excluding hydrogens is 194 g/mol. The lowest BCUT2D eigenvalue weighted by Gasteiger charge is -2.19. The predicted octanol–water partition coefficient (Wildman–Crippen LogP) is 0.922. The van der Waals surface area contributed by atoms with Crippen LogP contribution in [0.2, 0.25) is 0 Å². The van der Waals surface area contributed by atoms with E-state index in [0.717, 1.165) is 0 Å². The van der Waals surface area contributed by atoms with Crippen molar-refractivity contribution >= 4 is 11.9 Å². The molecule has 1 aromatic rings. The van der Waals surface area contributed by atoms with Crippen LogP contribution in [0.4, 0.5) is 0 Å². The molecule has 2 rings (SSSR count). The van der Waals surface area contributed by atoms with Crippen molar-refractivity contribution in [3.05, 3.63) is 35.9 Å². The summed E-state index contributed by atoms with van der Waals surface area (Å²) in [6.07, 6.45) is 0.391. The number of amides is 1. The Hall–Kier alpha value is -1.84. The number of hydroxylamine groups is 1. The number of hydrogen-bond acceptors (Lipinski definition) is 3. The molecule has 0 spiro atoms. The van der Waals surface area contributed by atoms with Gasteiger partial charge in [0.1, 0.15) is 0 Å². The highest BCUT2D eigenvalue weighted by Crippen LogP contribution is 2.32. The summed E-state index contributed by atoms with van der Waals surface area (Å²) in [7, 11) is 0. The molecule has 1 aliphatic heterocycles. The minimum absolute atomic E-state index is 0.388. The van der Waals surface area contributed by atoms with Crippen LogP contribution >= 0.6 is 0 Å². The lowest BCUT2D eigenvalue weighted by molar-refractivity contribution is -0.147. The number of nitrogens with one attached hydrogen (secondary N) is 1. The summed E-state index contributed by atoms with van der Waals surface area (Å²) < 4.78 is 0. The first-order valence-electron chi connectivity index (χ1n) is 4.79. The first-order valence-corrected chi connectivity index (χ1v) is 4.79. The second kappa shape index (κ2) is 3.38. The van der Waals surface area contributed by atoms with Crippen LogP contribution in [-0.2, 0) is 19.8 Å². The topological polar surface area (TPSA) is 55.4 Å². The molecule has 1 amide bonds. The van der Waals surface area contributed by atoms with Crippen molar-refractivity contribution in [3.8, 4) is 0 Å². The summed E-state index contributed by atoms with van der Waals surface area (Å²) in [6, 6.07) is 8.95. The van der Waals surface area contributed by atoms with Gasteiger partial charge < -0.3 is 4.84 Å². The zero-order valence-corrected chi connectivity index (χ0v) is 8.32. The minimum atomic E-state index is -1.17. The van der Waals surface area contributed by atoms with Crippen LogP contribution in [0.3, 0.4) is 0 Å². The summed E-state index contributed by atoms with van der Waals surface area (Å²) in [5.74, 6) is -0.914. The van der Waals surface area contributed by atoms with Crippen LogP contribution in [0.5, 0.6) is 0 Å². The van der Waals surface area contributed by atoms with Gasteiger partial charge in [0.15, 0.2) is 5.41 Å². The number of benzene rings is 1. The molecule has 0 saturated carbocycles. The SMILES string of the molecule is CCC1(c2ccccc2)C(=O)NOC1=O. The van der Waals surface area contributed by atoms with E-state index in [4.69, 9.17) is 0 Å². The third-order valence-electron chi connectivity index (χ3n) is 2.77. The summed E-state index contributed by atoms with van der Waals surface area (Å²) in [5.41, 5.74) is 1.63. The summed E-state index contributed by atoms with van der Waals surface area (Å²) >= 11 is 0. The molecule has 0 bridgehead atoms. The van der Waals surface area contributed by atoms with E-state index in [9.17, 15) is 9.59 Å². The third kappa shape index (κ3) is 1.21. The van der Waals surface area contributed by atoms with Gasteiger partial charge in [-0.05, 0) is 12.0 Å². The lowest BCUT2D eigenvalue weighted by atomic mass is 9.78. The Labute approximate surface area is 87.2 Å². The van der Waals surface area contributed by atoms with Crippen molar-refractivity contribution in [3.63, 3.8) is 0 Å². The number of rotatable bonds is 2. The summed E-state index contributed by atoms with van der Waals surface area (Å²) in [6.45, 7) is 1.79. The van der Waals surface area contributed by atoms with E-state index in [1.165, 1.54) is 0 Å². The molecule has 1 fully saturated rings. The average Bonchev–Trinajstić information content (AvgIpc) is 2.57. The average molecular weight is 205 g/mol. The Kier molecular flexibility index (Phi) is 2.19. The quantitative estimate of drug-likeness (QED) is 0.730. The van der Waals surface area contributed by atoms with Gasteiger partial charge in [-0.3, -0.25) is 4.79 Å². The van der Waals surface area contributed by atoms with Crippen LogP contribution in [0, 0.1) is 0 Å². The molecule has 4 nitrogen and oxygen atoms in total. The molecule has 0 aromatic heterocycles. The molecule has 0 radical (unpaired) electrons. The van der Waals surface area contributed by atoms with E-state index in [1.807, 2.05) is 6.07 Å². The number of hydrogen-bond donors (Lipinski definition) is 1. The van der Waals surface area contributed by atoms with Crippen LogP contribution in [0.15, 0.2) is 30.3 Å². The van der Waals surface area contributed by atoms with Crippen molar-refractivity contribution in [1.29, 1.82) is 0 Å². The summed E-state index contributed by atoms with van der Waals surface area (Å²) in [5, 5.41) is 0. The second-order valence-electron chi connectivity index (χ2n) is 3.45. The first kappa shape index (κ1) is 9.71. The maximum absolute atomic E-state index is 11.7. The second-order valence-corrected chi connectivity index (χ2v) is 3.45. The fourth-order valence-electron chi connectivity index (χ4n) is 1.84. The van der Waals surface area contributed by atoms with Gasteiger partial charge >= 0.3 is 5.97 Å². The van der Waals surface area contributed by atoms with E-state index in [2.05, 4.69) is 10.3 Å². The van der Waals surface area contributed by atoms with E-state index >= 15 is 0 Å². The minimum Gasteiger partial charge on any atom is -0.339 e. The fourth-order valence-corrected chi connectivity index (χ4v) is 1.84. The molecule has 15 heavy (non-hydrogen) atoms. The van der Waals surface area contributed by atoms with Gasteiger partial charge in [-0.25, -0.2) is 4.79 Å². The standard InChI is InChI=1S/C11H11NO3/c1-2-11(8-6-4-3-5-7-8)9(13)12-15-10(11)14/h3-7H,2H2,1H3,(H,12,13). The van der Waals surface area contributed by atoms with E-state index in [-0.39, 0.29) is 5.91 Å². The van der Waals surface area contributed by atoms with Gasteiger partial charge in [-0.1, -0.05) is 37.3 Å². The van der Waals surface area contributed by atoms with Gasteiger partial charge in [-0.2, -0.15) is 5.48 Å². The van der Waals surface area contributed by atoms with Gasteiger partial charge in [0.25, 0.3) is 5.91 Å². The fraction of sp³-hybridized carbons (Fsp3) is 0.273. The monoisotopic (exact) mass is 205 g/mol. The highest BCUT2D eigenvalue weighted by molar-refractivity contribution is 6.11. The Morgan fingerprint density at radius 3 is 2.40 bits per heavy atom. The zero-order chi connectivity index (χ0) is 10.9. The van der Waals surface area contributed by atoms with Crippen molar-refractivity contribution in [2.24, 2.45) is 0 Å². The van der Waals surface area contributed by atoms with Crippen LogP contribution in [0.25, 0.3) is 0 Å². The Bertz CT molecular complexity index is 384. The van der Waals surface area contributed by atoms with E-state index < -0.39 is 11.4 Å². The molecule has 78 valence electrons. The third-order valence-corrected chi connectivity index (χ3v) is 2.77. The van der Waals surface area contributed by atoms with Crippen LogP contribution in [-0.4, -0.2) is 11.9 Å². The zero-order valence-electron chi connectivity index (χ0n) is 8.32. The molecule has 1 N–H and O–H groups in total. The van der Waals surface area contributed by atoms with E-state index in [0.29, 0.717) is 12.0 Å². The highest BCUT2D eigenvalue weighted by atomic mass is 16.7. The molecule has 1 aromatic carbocycles. The Balaban J connectivity index is 2.55. The maximum atomic E-state index is 11.7. The van der Waals surface area contributed by atoms with Crippen molar-refractivity contribution in [2.45, 2.75) is 18.8 Å². The molecule has 1 aliphatic rings. The molecule has 1 saturated heterocycles. The van der Waals surface area contributed by atoms with Crippen molar-refractivity contribution in [2.75, 3.05) is 0 Å². The van der Waals surface area contributed by atoms with Crippen molar-refractivity contribution < 1.29 is 14.4 Å². The molecule has 0 aliphatic carbocycles. The van der Waals surface area contributed by atoms with Gasteiger partial charge in [0.05, 0.1) is 0 Å².